The van der Waals surface area contributed by atoms with Gasteiger partial charge in [0.1, 0.15) is 17.7 Å². The smallest absolute Gasteiger partial charge is 0.181 e. The SMILES string of the molecule is Fc1ccc(N2CC(F)C2)cc1-n1cc2cc(-c3ccncc3)cnc2n1. The van der Waals surface area contributed by atoms with Gasteiger partial charge in [-0.1, -0.05) is 0 Å². The second-order valence-electron chi connectivity index (χ2n) is 6.58. The molecule has 3 aromatic heterocycles. The summed E-state index contributed by atoms with van der Waals surface area (Å²) in [5.41, 5.74) is 3.57. The third-order valence-corrected chi connectivity index (χ3v) is 4.75. The maximum atomic E-state index is 14.4. The maximum absolute atomic E-state index is 14.4. The quantitative estimate of drug-likeness (QED) is 0.556. The van der Waals surface area contributed by atoms with Crippen molar-refractivity contribution in [3.05, 3.63) is 67.0 Å². The third-order valence-electron chi connectivity index (χ3n) is 4.75. The molecule has 5 nitrogen and oxygen atoms in total. The topological polar surface area (TPSA) is 46.8 Å². The highest BCUT2D eigenvalue weighted by molar-refractivity contribution is 5.80. The molecule has 1 aliphatic heterocycles. The lowest BCUT2D eigenvalue weighted by atomic mass is 10.1. The predicted octanol–water partition coefficient (Wildman–Crippen LogP) is 3.78. The molecule has 0 saturated carbocycles. The van der Waals surface area contributed by atoms with Gasteiger partial charge in [0.2, 0.25) is 0 Å². The molecule has 1 saturated heterocycles. The Morgan fingerprint density at radius 3 is 2.59 bits per heavy atom. The summed E-state index contributed by atoms with van der Waals surface area (Å²) in [5, 5.41) is 5.21. The Morgan fingerprint density at radius 2 is 1.81 bits per heavy atom. The second-order valence-corrected chi connectivity index (χ2v) is 6.58. The minimum absolute atomic E-state index is 0.318. The molecule has 134 valence electrons. The molecule has 0 unspecified atom stereocenters. The first kappa shape index (κ1) is 15.9. The lowest BCUT2D eigenvalue weighted by Gasteiger charge is -2.36. The number of aromatic nitrogens is 4. The van der Waals surface area contributed by atoms with Crippen LogP contribution in [0.25, 0.3) is 27.8 Å². The van der Waals surface area contributed by atoms with E-state index in [-0.39, 0.29) is 0 Å². The molecule has 0 N–H and O–H groups in total. The maximum Gasteiger partial charge on any atom is 0.181 e. The predicted molar refractivity (Wildman–Crippen MR) is 99.2 cm³/mol. The monoisotopic (exact) mass is 363 g/mol. The van der Waals surface area contributed by atoms with E-state index in [1.165, 1.54) is 10.7 Å². The molecule has 7 heteroatoms. The molecule has 0 radical (unpaired) electrons. The first-order valence-corrected chi connectivity index (χ1v) is 8.62. The number of hydrogen-bond donors (Lipinski definition) is 0. The van der Waals surface area contributed by atoms with Crippen LogP contribution in [-0.4, -0.2) is 39.0 Å². The van der Waals surface area contributed by atoms with E-state index >= 15 is 0 Å². The highest BCUT2D eigenvalue weighted by Gasteiger charge is 2.27. The number of fused-ring (bicyclic) bond motifs is 1. The van der Waals surface area contributed by atoms with Crippen LogP contribution in [-0.2, 0) is 0 Å². The van der Waals surface area contributed by atoms with Crippen LogP contribution in [0, 0.1) is 5.82 Å². The zero-order chi connectivity index (χ0) is 18.4. The van der Waals surface area contributed by atoms with E-state index in [9.17, 15) is 8.78 Å². The summed E-state index contributed by atoms with van der Waals surface area (Å²) in [6.07, 6.45) is 6.12. The Kier molecular flexibility index (Phi) is 3.60. The number of pyridine rings is 2. The minimum Gasteiger partial charge on any atom is -0.365 e. The highest BCUT2D eigenvalue weighted by Crippen LogP contribution is 2.28. The van der Waals surface area contributed by atoms with E-state index in [1.54, 1.807) is 36.9 Å². The number of rotatable bonds is 3. The largest absolute Gasteiger partial charge is 0.365 e. The molecular weight excluding hydrogens is 348 g/mol. The van der Waals surface area contributed by atoms with E-state index in [0.29, 0.717) is 24.4 Å². The summed E-state index contributed by atoms with van der Waals surface area (Å²) in [5.74, 6) is -0.391. The minimum atomic E-state index is -0.818. The van der Waals surface area contributed by atoms with Gasteiger partial charge < -0.3 is 4.90 Å². The van der Waals surface area contributed by atoms with Crippen LogP contribution in [0.2, 0.25) is 0 Å². The molecule has 1 fully saturated rings. The number of nitrogens with zero attached hydrogens (tertiary/aromatic N) is 5. The Balaban J connectivity index is 1.54. The Bertz CT molecular complexity index is 1120. The van der Waals surface area contributed by atoms with E-state index in [2.05, 4.69) is 15.1 Å². The Hall–Kier alpha value is -3.35. The van der Waals surface area contributed by atoms with Crippen LogP contribution >= 0.6 is 0 Å². The lowest BCUT2D eigenvalue weighted by molar-refractivity contribution is 0.275. The number of hydrogen-bond acceptors (Lipinski definition) is 4. The summed E-state index contributed by atoms with van der Waals surface area (Å²) >= 11 is 0. The van der Waals surface area contributed by atoms with E-state index in [4.69, 9.17) is 0 Å². The van der Waals surface area contributed by atoms with Crippen molar-refractivity contribution >= 4 is 16.7 Å². The van der Waals surface area contributed by atoms with Crippen molar-refractivity contribution in [3.8, 4) is 16.8 Å². The van der Waals surface area contributed by atoms with Crippen molar-refractivity contribution < 1.29 is 8.78 Å². The van der Waals surface area contributed by atoms with Crippen LogP contribution in [0.5, 0.6) is 0 Å². The van der Waals surface area contributed by atoms with Crippen LogP contribution < -0.4 is 4.90 Å². The summed E-state index contributed by atoms with van der Waals surface area (Å²) in [6.45, 7) is 0.673. The molecular formula is C20H15F2N5. The summed E-state index contributed by atoms with van der Waals surface area (Å²) in [7, 11) is 0. The molecule has 27 heavy (non-hydrogen) atoms. The molecule has 4 aromatic rings. The average Bonchev–Trinajstić information content (AvgIpc) is 3.10. The van der Waals surface area contributed by atoms with Crippen LogP contribution in [0.4, 0.5) is 14.5 Å². The van der Waals surface area contributed by atoms with Gasteiger partial charge in [0, 0.05) is 41.4 Å². The van der Waals surface area contributed by atoms with Crippen LogP contribution in [0.15, 0.2) is 61.2 Å². The molecule has 0 spiro atoms. The number of benzene rings is 1. The second kappa shape index (κ2) is 6.12. The molecule has 1 aromatic carbocycles. The van der Waals surface area contributed by atoms with Crippen molar-refractivity contribution in [1.29, 1.82) is 0 Å². The molecule has 0 amide bonds. The van der Waals surface area contributed by atoms with Gasteiger partial charge in [-0.15, -0.1) is 5.10 Å². The lowest BCUT2D eigenvalue weighted by Crippen LogP contribution is -2.48. The normalized spacial score (nSPS) is 14.5. The molecule has 4 heterocycles. The van der Waals surface area contributed by atoms with Gasteiger partial charge in [-0.25, -0.2) is 18.4 Å². The van der Waals surface area contributed by atoms with Gasteiger partial charge in [0.15, 0.2) is 5.65 Å². The van der Waals surface area contributed by atoms with E-state index in [0.717, 1.165) is 22.2 Å². The number of alkyl halides is 1. The Labute approximate surface area is 153 Å². The van der Waals surface area contributed by atoms with Gasteiger partial charge in [0.05, 0.1) is 13.1 Å². The summed E-state index contributed by atoms with van der Waals surface area (Å²) in [4.78, 5) is 10.3. The first-order valence-electron chi connectivity index (χ1n) is 8.62. The molecule has 0 atom stereocenters. The summed E-state index contributed by atoms with van der Waals surface area (Å²) in [6, 6.07) is 10.5. The van der Waals surface area contributed by atoms with Gasteiger partial charge in [-0.3, -0.25) is 4.98 Å². The van der Waals surface area contributed by atoms with Crippen molar-refractivity contribution in [2.75, 3.05) is 18.0 Å². The van der Waals surface area contributed by atoms with Gasteiger partial charge in [-0.05, 0) is 42.0 Å². The first-order chi connectivity index (χ1) is 13.2. The third kappa shape index (κ3) is 2.81. The zero-order valence-electron chi connectivity index (χ0n) is 14.3. The van der Waals surface area contributed by atoms with Gasteiger partial charge in [-0.2, -0.15) is 0 Å². The molecule has 0 bridgehead atoms. The van der Waals surface area contributed by atoms with E-state index in [1.807, 2.05) is 23.1 Å². The van der Waals surface area contributed by atoms with Crippen molar-refractivity contribution in [2.24, 2.45) is 0 Å². The Morgan fingerprint density at radius 1 is 1.00 bits per heavy atom. The van der Waals surface area contributed by atoms with Gasteiger partial charge >= 0.3 is 0 Å². The summed E-state index contributed by atoms with van der Waals surface area (Å²) < 4.78 is 29.0. The average molecular weight is 363 g/mol. The molecule has 5 rings (SSSR count). The number of anilines is 1. The fourth-order valence-corrected chi connectivity index (χ4v) is 3.25. The fourth-order valence-electron chi connectivity index (χ4n) is 3.25. The molecule has 1 aliphatic rings. The van der Waals surface area contributed by atoms with Crippen LogP contribution in [0.1, 0.15) is 0 Å². The zero-order valence-corrected chi connectivity index (χ0v) is 14.3. The highest BCUT2D eigenvalue weighted by atomic mass is 19.1. The van der Waals surface area contributed by atoms with Crippen molar-refractivity contribution in [1.82, 2.24) is 19.7 Å². The van der Waals surface area contributed by atoms with Crippen molar-refractivity contribution in [2.45, 2.75) is 6.17 Å². The fraction of sp³-hybridized carbons (Fsp3) is 0.150. The standard InChI is InChI=1S/C20H15F2N5/c21-16-11-26(12-16)17-1-2-18(22)19(8-17)27-10-15-7-14(9-24-20(15)25-27)13-3-5-23-6-4-13/h1-10,16H,11-12H2. The van der Waals surface area contributed by atoms with Gasteiger partial charge in [0.25, 0.3) is 0 Å². The van der Waals surface area contributed by atoms with Crippen molar-refractivity contribution in [3.63, 3.8) is 0 Å². The van der Waals surface area contributed by atoms with Crippen LogP contribution in [0.3, 0.4) is 0 Å². The number of halogens is 2. The molecule has 0 aliphatic carbocycles. The van der Waals surface area contributed by atoms with E-state index < -0.39 is 12.0 Å².